The first-order valence-corrected chi connectivity index (χ1v) is 6.55. The fourth-order valence-electron chi connectivity index (χ4n) is 1.10. The first-order chi connectivity index (χ1) is 5.99. The molecule has 0 aromatic heterocycles. The van der Waals surface area contributed by atoms with Gasteiger partial charge in [-0.05, 0) is 26.1 Å². The van der Waals surface area contributed by atoms with Crippen LogP contribution < -0.4 is 4.72 Å². The number of rotatable bonds is 7. The van der Waals surface area contributed by atoms with E-state index in [2.05, 4.69) is 23.5 Å². The predicted molar refractivity (Wildman–Crippen MR) is 62.0 cm³/mol. The maximum Gasteiger partial charge on any atom is 0.208 e. The summed E-state index contributed by atoms with van der Waals surface area (Å²) in [7, 11) is -3.00. The molecule has 14 heavy (non-hydrogen) atoms. The molecule has 0 radical (unpaired) electrons. The standard InChI is InChI=1S/C8H20N2O2S.CH4/c1-4-10(5-2)8-6-7-9-13(3,11)12;/h9H,4-8H2,1-3H3;1H4. The summed E-state index contributed by atoms with van der Waals surface area (Å²) in [5, 5.41) is 0. The molecule has 0 aromatic carbocycles. The number of sulfonamides is 1. The molecular formula is C9H24N2O2S. The topological polar surface area (TPSA) is 49.4 Å². The number of hydrogen-bond acceptors (Lipinski definition) is 3. The van der Waals surface area contributed by atoms with Crippen molar-refractivity contribution in [3.63, 3.8) is 0 Å². The van der Waals surface area contributed by atoms with Gasteiger partial charge in [-0.15, -0.1) is 0 Å². The lowest BCUT2D eigenvalue weighted by molar-refractivity contribution is 0.300. The molecule has 0 aliphatic heterocycles. The molecule has 0 saturated carbocycles. The normalized spacial score (nSPS) is 11.4. The van der Waals surface area contributed by atoms with Gasteiger partial charge in [-0.1, -0.05) is 21.3 Å². The molecule has 0 unspecified atom stereocenters. The van der Waals surface area contributed by atoms with E-state index in [0.29, 0.717) is 6.54 Å². The lowest BCUT2D eigenvalue weighted by atomic mass is 10.4. The molecule has 1 N–H and O–H groups in total. The molecule has 0 bridgehead atoms. The fraction of sp³-hybridized carbons (Fsp3) is 1.00. The summed E-state index contributed by atoms with van der Waals surface area (Å²) in [5.74, 6) is 0. The Labute approximate surface area is 88.7 Å². The van der Waals surface area contributed by atoms with Gasteiger partial charge in [0, 0.05) is 6.54 Å². The third-order valence-electron chi connectivity index (χ3n) is 1.91. The molecule has 0 aromatic rings. The van der Waals surface area contributed by atoms with Crippen LogP contribution in [0.2, 0.25) is 0 Å². The van der Waals surface area contributed by atoms with Crippen molar-refractivity contribution < 1.29 is 8.42 Å². The lowest BCUT2D eigenvalue weighted by Crippen LogP contribution is -2.29. The predicted octanol–water partition coefficient (Wildman–Crippen LogP) is 0.904. The molecule has 0 saturated heterocycles. The SMILES string of the molecule is C.CCN(CC)CCCNS(C)(=O)=O. The minimum atomic E-state index is -3.00. The summed E-state index contributed by atoms with van der Waals surface area (Å²) in [4.78, 5) is 2.27. The first-order valence-electron chi connectivity index (χ1n) is 4.66. The molecule has 5 heteroatoms. The van der Waals surface area contributed by atoms with Crippen molar-refractivity contribution in [2.75, 3.05) is 32.4 Å². The third kappa shape index (κ3) is 9.95. The van der Waals surface area contributed by atoms with Gasteiger partial charge in [-0.25, -0.2) is 13.1 Å². The highest BCUT2D eigenvalue weighted by molar-refractivity contribution is 7.88. The molecule has 0 spiro atoms. The molecule has 0 aliphatic carbocycles. The second-order valence-electron chi connectivity index (χ2n) is 3.05. The van der Waals surface area contributed by atoms with Crippen LogP contribution in [-0.4, -0.2) is 45.8 Å². The maximum absolute atomic E-state index is 10.7. The lowest BCUT2D eigenvalue weighted by Gasteiger charge is -2.17. The van der Waals surface area contributed by atoms with Crippen LogP contribution in [0.1, 0.15) is 27.7 Å². The van der Waals surface area contributed by atoms with Gasteiger partial charge in [-0.2, -0.15) is 0 Å². The van der Waals surface area contributed by atoms with Crippen LogP contribution in [-0.2, 0) is 10.0 Å². The van der Waals surface area contributed by atoms with Crippen molar-refractivity contribution in [2.45, 2.75) is 27.7 Å². The van der Waals surface area contributed by atoms with Gasteiger partial charge >= 0.3 is 0 Å². The monoisotopic (exact) mass is 224 g/mol. The zero-order chi connectivity index (χ0) is 10.3. The average Bonchev–Trinajstić information content (AvgIpc) is 2.03. The van der Waals surface area contributed by atoms with Gasteiger partial charge < -0.3 is 4.90 Å². The van der Waals surface area contributed by atoms with Gasteiger partial charge in [0.05, 0.1) is 6.26 Å². The summed E-state index contributed by atoms with van der Waals surface area (Å²) < 4.78 is 23.9. The highest BCUT2D eigenvalue weighted by Crippen LogP contribution is 1.89. The largest absolute Gasteiger partial charge is 0.304 e. The third-order valence-corrected chi connectivity index (χ3v) is 2.64. The van der Waals surface area contributed by atoms with E-state index in [1.807, 2.05) is 0 Å². The summed E-state index contributed by atoms with van der Waals surface area (Å²) in [6, 6.07) is 0. The minimum absolute atomic E-state index is 0. The summed E-state index contributed by atoms with van der Waals surface area (Å²) in [6.45, 7) is 7.75. The number of hydrogen-bond donors (Lipinski definition) is 1. The molecular weight excluding hydrogens is 200 g/mol. The van der Waals surface area contributed by atoms with Crippen molar-refractivity contribution in [1.82, 2.24) is 9.62 Å². The Balaban J connectivity index is 0. The fourth-order valence-corrected chi connectivity index (χ4v) is 1.62. The smallest absolute Gasteiger partial charge is 0.208 e. The van der Waals surface area contributed by atoms with E-state index in [9.17, 15) is 8.42 Å². The quantitative estimate of drug-likeness (QED) is 0.654. The van der Waals surface area contributed by atoms with Crippen LogP contribution in [0.5, 0.6) is 0 Å². The Morgan fingerprint density at radius 2 is 1.71 bits per heavy atom. The Morgan fingerprint density at radius 1 is 1.21 bits per heavy atom. The highest BCUT2D eigenvalue weighted by Gasteiger charge is 2.01. The Bertz CT molecular complexity index is 211. The van der Waals surface area contributed by atoms with Crippen LogP contribution >= 0.6 is 0 Å². The number of nitrogens with zero attached hydrogens (tertiary/aromatic N) is 1. The van der Waals surface area contributed by atoms with Gasteiger partial charge in [-0.3, -0.25) is 0 Å². The average molecular weight is 224 g/mol. The minimum Gasteiger partial charge on any atom is -0.304 e. The van der Waals surface area contributed by atoms with Crippen molar-refractivity contribution in [3.8, 4) is 0 Å². The van der Waals surface area contributed by atoms with Crippen molar-refractivity contribution in [1.29, 1.82) is 0 Å². The zero-order valence-corrected chi connectivity index (χ0v) is 9.52. The van der Waals surface area contributed by atoms with Gasteiger partial charge in [0.2, 0.25) is 10.0 Å². The molecule has 0 rings (SSSR count). The Hall–Kier alpha value is -0.130. The van der Waals surface area contributed by atoms with E-state index in [-0.39, 0.29) is 7.43 Å². The van der Waals surface area contributed by atoms with Crippen molar-refractivity contribution in [3.05, 3.63) is 0 Å². The summed E-state index contributed by atoms with van der Waals surface area (Å²) >= 11 is 0. The number of nitrogens with one attached hydrogen (secondary N) is 1. The van der Waals surface area contributed by atoms with Crippen LogP contribution in [0.15, 0.2) is 0 Å². The Morgan fingerprint density at radius 3 is 2.07 bits per heavy atom. The van der Waals surface area contributed by atoms with E-state index < -0.39 is 10.0 Å². The second-order valence-corrected chi connectivity index (χ2v) is 4.88. The van der Waals surface area contributed by atoms with Crippen LogP contribution in [0.3, 0.4) is 0 Å². The Kier molecular flexibility index (Phi) is 9.55. The molecule has 0 fully saturated rings. The van der Waals surface area contributed by atoms with Crippen molar-refractivity contribution in [2.24, 2.45) is 0 Å². The molecule has 0 heterocycles. The summed E-state index contributed by atoms with van der Waals surface area (Å²) in [5.41, 5.74) is 0. The van der Waals surface area contributed by atoms with E-state index in [4.69, 9.17) is 0 Å². The molecule has 88 valence electrons. The van der Waals surface area contributed by atoms with Crippen LogP contribution in [0.4, 0.5) is 0 Å². The van der Waals surface area contributed by atoms with E-state index in [0.717, 1.165) is 26.1 Å². The van der Waals surface area contributed by atoms with Crippen molar-refractivity contribution >= 4 is 10.0 Å². The molecule has 0 atom stereocenters. The van der Waals surface area contributed by atoms with Crippen LogP contribution in [0.25, 0.3) is 0 Å². The van der Waals surface area contributed by atoms with Gasteiger partial charge in [0.15, 0.2) is 0 Å². The van der Waals surface area contributed by atoms with E-state index >= 15 is 0 Å². The second kappa shape index (κ2) is 8.20. The molecule has 4 nitrogen and oxygen atoms in total. The maximum atomic E-state index is 10.7. The molecule has 0 aliphatic rings. The summed E-state index contributed by atoms with van der Waals surface area (Å²) in [6.07, 6.45) is 2.05. The first kappa shape index (κ1) is 16.3. The van der Waals surface area contributed by atoms with E-state index in [1.54, 1.807) is 0 Å². The zero-order valence-electron chi connectivity index (χ0n) is 8.71. The van der Waals surface area contributed by atoms with Crippen LogP contribution in [0, 0.1) is 0 Å². The molecule has 0 amide bonds. The van der Waals surface area contributed by atoms with E-state index in [1.165, 1.54) is 6.26 Å². The van der Waals surface area contributed by atoms with Gasteiger partial charge in [0.25, 0.3) is 0 Å². The highest BCUT2D eigenvalue weighted by atomic mass is 32.2. The van der Waals surface area contributed by atoms with Gasteiger partial charge in [0.1, 0.15) is 0 Å².